The molecule has 7 heteroatoms. The molecule has 0 amide bonds. The standard InChI is InChI=1S/C17H17N5OS/c1-3-22-15-8-17(23-2)19-10-14(15)21-16(22)11-20-24-13-6-4-12(9-18)5-7-13/h4-8,10,20H,3,11H2,1-2H3. The molecule has 1 N–H and O–H groups in total. The number of fused-ring (bicyclic) bond motifs is 1. The molecule has 0 radical (unpaired) electrons. The van der Waals surface area contributed by atoms with E-state index < -0.39 is 0 Å². The number of pyridine rings is 1. The third-order valence-corrected chi connectivity index (χ3v) is 4.41. The number of methoxy groups -OCH3 is 1. The molecule has 3 aromatic rings. The zero-order valence-corrected chi connectivity index (χ0v) is 14.3. The molecule has 0 aliphatic carbocycles. The van der Waals surface area contributed by atoms with Crippen LogP contribution in [0.25, 0.3) is 11.0 Å². The highest BCUT2D eigenvalue weighted by Crippen LogP contribution is 2.21. The minimum Gasteiger partial charge on any atom is -0.481 e. The minimum atomic E-state index is 0.587. The van der Waals surface area contributed by atoms with E-state index in [2.05, 4.69) is 32.3 Å². The van der Waals surface area contributed by atoms with E-state index in [0.29, 0.717) is 18.0 Å². The summed E-state index contributed by atoms with van der Waals surface area (Å²) in [7, 11) is 1.61. The lowest BCUT2D eigenvalue weighted by Gasteiger charge is -2.07. The fourth-order valence-electron chi connectivity index (χ4n) is 2.44. The van der Waals surface area contributed by atoms with Crippen LogP contribution in [0.1, 0.15) is 18.3 Å². The minimum absolute atomic E-state index is 0.587. The van der Waals surface area contributed by atoms with E-state index in [4.69, 9.17) is 10.00 Å². The number of aryl methyl sites for hydroxylation is 1. The van der Waals surface area contributed by atoms with Gasteiger partial charge in [0.25, 0.3) is 0 Å². The average Bonchev–Trinajstić information content (AvgIpc) is 2.98. The van der Waals surface area contributed by atoms with Crippen molar-refractivity contribution >= 4 is 23.0 Å². The fourth-order valence-corrected chi connectivity index (χ4v) is 3.08. The van der Waals surface area contributed by atoms with E-state index in [9.17, 15) is 0 Å². The lowest BCUT2D eigenvalue weighted by atomic mass is 10.2. The van der Waals surface area contributed by atoms with Gasteiger partial charge in [0.2, 0.25) is 5.88 Å². The van der Waals surface area contributed by atoms with Crippen LogP contribution in [0.5, 0.6) is 5.88 Å². The number of hydrogen-bond donors (Lipinski definition) is 1. The molecule has 0 saturated carbocycles. The zero-order chi connectivity index (χ0) is 16.9. The number of aromatic nitrogens is 3. The predicted molar refractivity (Wildman–Crippen MR) is 93.6 cm³/mol. The highest BCUT2D eigenvalue weighted by molar-refractivity contribution is 7.97. The molecule has 0 atom stereocenters. The lowest BCUT2D eigenvalue weighted by molar-refractivity contribution is 0.398. The van der Waals surface area contributed by atoms with E-state index in [1.54, 1.807) is 13.3 Å². The van der Waals surface area contributed by atoms with Gasteiger partial charge in [0.15, 0.2) is 0 Å². The molecule has 0 aliphatic heterocycles. The molecule has 0 fully saturated rings. The van der Waals surface area contributed by atoms with Crippen LogP contribution in [-0.2, 0) is 13.1 Å². The molecule has 0 bridgehead atoms. The normalized spacial score (nSPS) is 10.7. The predicted octanol–water partition coefficient (Wildman–Crippen LogP) is 3.13. The summed E-state index contributed by atoms with van der Waals surface area (Å²) in [5.41, 5.74) is 2.54. The molecule has 0 unspecified atom stereocenters. The first kappa shape index (κ1) is 16.3. The molecule has 2 heterocycles. The van der Waals surface area contributed by atoms with Crippen LogP contribution < -0.4 is 9.46 Å². The van der Waals surface area contributed by atoms with Gasteiger partial charge in [-0.1, -0.05) is 0 Å². The van der Waals surface area contributed by atoms with E-state index in [1.165, 1.54) is 11.9 Å². The quantitative estimate of drug-likeness (QED) is 0.695. The summed E-state index contributed by atoms with van der Waals surface area (Å²) >= 11 is 1.52. The maximum atomic E-state index is 8.82. The summed E-state index contributed by atoms with van der Waals surface area (Å²) in [5.74, 6) is 1.53. The number of imidazole rings is 1. The molecule has 122 valence electrons. The first-order valence-corrected chi connectivity index (χ1v) is 8.35. The SMILES string of the molecule is CCn1c(CNSc2ccc(C#N)cc2)nc2cnc(OC)cc21. The third-order valence-electron chi connectivity index (χ3n) is 3.62. The first-order valence-electron chi connectivity index (χ1n) is 7.54. The number of nitrogens with zero attached hydrogens (tertiary/aromatic N) is 4. The van der Waals surface area contributed by atoms with Crippen LogP contribution in [-0.4, -0.2) is 21.6 Å². The van der Waals surface area contributed by atoms with Crippen LogP contribution in [0.2, 0.25) is 0 Å². The lowest BCUT2D eigenvalue weighted by Crippen LogP contribution is -2.10. The van der Waals surface area contributed by atoms with Gasteiger partial charge < -0.3 is 9.30 Å². The summed E-state index contributed by atoms with van der Waals surface area (Å²) in [6, 6.07) is 11.5. The van der Waals surface area contributed by atoms with Gasteiger partial charge in [-0.2, -0.15) is 5.26 Å². The van der Waals surface area contributed by atoms with Gasteiger partial charge in [0.1, 0.15) is 11.3 Å². The highest BCUT2D eigenvalue weighted by Gasteiger charge is 2.11. The Morgan fingerprint density at radius 1 is 1.33 bits per heavy atom. The second kappa shape index (κ2) is 7.34. The molecule has 0 spiro atoms. The van der Waals surface area contributed by atoms with Crippen molar-refractivity contribution in [3.8, 4) is 11.9 Å². The van der Waals surface area contributed by atoms with Crippen molar-refractivity contribution in [1.82, 2.24) is 19.3 Å². The average molecular weight is 339 g/mol. The number of nitriles is 1. The van der Waals surface area contributed by atoms with E-state index >= 15 is 0 Å². The Hall–Kier alpha value is -2.56. The maximum absolute atomic E-state index is 8.82. The van der Waals surface area contributed by atoms with E-state index in [1.807, 2.05) is 30.3 Å². The molecular weight excluding hydrogens is 322 g/mol. The first-order chi connectivity index (χ1) is 11.7. The van der Waals surface area contributed by atoms with Gasteiger partial charge in [0.05, 0.1) is 37.0 Å². The summed E-state index contributed by atoms with van der Waals surface area (Å²) in [6.07, 6.45) is 1.73. The molecular formula is C17H17N5OS. The Bertz CT molecular complexity index is 882. The second-order valence-electron chi connectivity index (χ2n) is 5.05. The van der Waals surface area contributed by atoms with Crippen molar-refractivity contribution in [1.29, 1.82) is 5.26 Å². The van der Waals surface area contributed by atoms with Crippen LogP contribution in [0.3, 0.4) is 0 Å². The van der Waals surface area contributed by atoms with Crippen molar-refractivity contribution < 1.29 is 4.74 Å². The number of nitrogens with one attached hydrogen (secondary N) is 1. The zero-order valence-electron chi connectivity index (χ0n) is 13.5. The Labute approximate surface area is 144 Å². The molecule has 6 nitrogen and oxygen atoms in total. The molecule has 3 rings (SSSR count). The Kier molecular flexibility index (Phi) is 4.99. The molecule has 2 aromatic heterocycles. The van der Waals surface area contributed by atoms with Crippen LogP contribution >= 0.6 is 11.9 Å². The van der Waals surface area contributed by atoms with Crippen molar-refractivity contribution in [3.63, 3.8) is 0 Å². The van der Waals surface area contributed by atoms with Gasteiger partial charge in [0, 0.05) is 17.5 Å². The molecule has 0 aliphatic rings. The van der Waals surface area contributed by atoms with Crippen LogP contribution in [0, 0.1) is 11.3 Å². The van der Waals surface area contributed by atoms with Crippen molar-refractivity contribution in [3.05, 3.63) is 47.9 Å². The summed E-state index contributed by atoms with van der Waals surface area (Å²) in [5, 5.41) is 8.82. The van der Waals surface area contributed by atoms with Crippen molar-refractivity contribution in [2.24, 2.45) is 0 Å². The number of ether oxygens (including phenoxy) is 1. The van der Waals surface area contributed by atoms with Gasteiger partial charge in [-0.25, -0.2) is 9.97 Å². The Morgan fingerprint density at radius 2 is 2.12 bits per heavy atom. The van der Waals surface area contributed by atoms with Gasteiger partial charge >= 0.3 is 0 Å². The topological polar surface area (TPSA) is 75.8 Å². The van der Waals surface area contributed by atoms with Gasteiger partial charge in [-0.3, -0.25) is 4.72 Å². The molecule has 0 saturated heterocycles. The van der Waals surface area contributed by atoms with Crippen LogP contribution in [0.4, 0.5) is 0 Å². The number of rotatable bonds is 6. The Balaban J connectivity index is 1.73. The largest absolute Gasteiger partial charge is 0.481 e. The summed E-state index contributed by atoms with van der Waals surface area (Å²) in [4.78, 5) is 9.90. The third kappa shape index (κ3) is 3.35. The fraction of sp³-hybridized carbons (Fsp3) is 0.235. The van der Waals surface area contributed by atoms with Crippen molar-refractivity contribution in [2.75, 3.05) is 7.11 Å². The smallest absolute Gasteiger partial charge is 0.215 e. The van der Waals surface area contributed by atoms with E-state index in [0.717, 1.165) is 28.3 Å². The summed E-state index contributed by atoms with van der Waals surface area (Å²) < 4.78 is 10.7. The Morgan fingerprint density at radius 3 is 2.79 bits per heavy atom. The van der Waals surface area contributed by atoms with E-state index in [-0.39, 0.29) is 0 Å². The number of benzene rings is 1. The molecule has 24 heavy (non-hydrogen) atoms. The van der Waals surface area contributed by atoms with Gasteiger partial charge in [-0.05, 0) is 43.1 Å². The molecule has 1 aromatic carbocycles. The monoisotopic (exact) mass is 339 g/mol. The second-order valence-corrected chi connectivity index (χ2v) is 6.01. The van der Waals surface area contributed by atoms with Gasteiger partial charge in [-0.15, -0.1) is 0 Å². The maximum Gasteiger partial charge on any atom is 0.215 e. The highest BCUT2D eigenvalue weighted by atomic mass is 32.2. The van der Waals surface area contributed by atoms with Crippen molar-refractivity contribution in [2.45, 2.75) is 24.9 Å². The number of hydrogen-bond acceptors (Lipinski definition) is 6. The van der Waals surface area contributed by atoms with Crippen LogP contribution in [0.15, 0.2) is 41.4 Å². The summed E-state index contributed by atoms with van der Waals surface area (Å²) in [6.45, 7) is 3.53.